The summed E-state index contributed by atoms with van der Waals surface area (Å²) in [5, 5.41) is 11.4. The number of aryl methyl sites for hydroxylation is 1. The van der Waals surface area contributed by atoms with Gasteiger partial charge in [-0.25, -0.2) is 0 Å². The molecule has 0 bridgehead atoms. The molecule has 0 spiro atoms. The molecule has 3 rings (SSSR count). The van der Waals surface area contributed by atoms with Crippen LogP contribution in [0.25, 0.3) is 5.76 Å². The Morgan fingerprint density at radius 2 is 1.80 bits per heavy atom. The van der Waals surface area contributed by atoms with Gasteiger partial charge in [0.2, 0.25) is 0 Å². The predicted octanol–water partition coefficient (Wildman–Crippen LogP) is 4.00. The number of hydrogen-bond donors (Lipinski definition) is 1. The minimum atomic E-state index is -0.666. The quantitative estimate of drug-likeness (QED) is 0.241. The zero-order valence-electron chi connectivity index (χ0n) is 21.2. The molecule has 2 aromatic carbocycles. The fraction of sp³-hybridized carbons (Fsp3) is 0.357. The highest BCUT2D eigenvalue weighted by Crippen LogP contribution is 2.40. The maximum absolute atomic E-state index is 13.2. The Morgan fingerprint density at radius 3 is 2.37 bits per heavy atom. The van der Waals surface area contributed by atoms with Crippen LogP contribution in [0.15, 0.2) is 60.7 Å². The molecule has 1 atom stereocenters. The molecule has 1 amide bonds. The van der Waals surface area contributed by atoms with E-state index in [-0.39, 0.29) is 11.3 Å². The first-order chi connectivity index (χ1) is 16.6. The number of carbonyl (C=O) groups excluding carboxylic acids is 2. The van der Waals surface area contributed by atoms with Crippen LogP contribution in [0.4, 0.5) is 5.69 Å². The van der Waals surface area contributed by atoms with Crippen LogP contribution in [-0.2, 0) is 9.59 Å². The van der Waals surface area contributed by atoms with E-state index in [0.29, 0.717) is 30.9 Å². The molecule has 1 aliphatic heterocycles. The van der Waals surface area contributed by atoms with Crippen molar-refractivity contribution >= 4 is 23.1 Å². The highest BCUT2D eigenvalue weighted by atomic mass is 16.5. The Bertz CT molecular complexity index is 1120. The third-order valence-corrected chi connectivity index (χ3v) is 6.09. The van der Waals surface area contributed by atoms with E-state index in [4.69, 9.17) is 4.74 Å². The van der Waals surface area contributed by atoms with Gasteiger partial charge >= 0.3 is 0 Å². The molecule has 1 N–H and O–H groups in total. The number of aliphatic hydroxyl groups excluding tert-OH is 1. The Labute approximate surface area is 207 Å². The smallest absolute Gasteiger partial charge is 0.295 e. The van der Waals surface area contributed by atoms with Crippen LogP contribution in [0, 0.1) is 6.92 Å². The van der Waals surface area contributed by atoms with Crippen molar-refractivity contribution in [3.05, 3.63) is 77.4 Å². The number of aliphatic hydroxyl groups is 1. The van der Waals surface area contributed by atoms with Crippen LogP contribution in [0.2, 0.25) is 0 Å². The van der Waals surface area contributed by atoms with Gasteiger partial charge in [-0.05, 0) is 75.4 Å². The molecule has 7 heteroatoms. The number of ether oxygens (including phenoxy) is 1. The normalized spacial score (nSPS) is 17.2. The van der Waals surface area contributed by atoms with Gasteiger partial charge in [-0.2, -0.15) is 0 Å². The van der Waals surface area contributed by atoms with E-state index >= 15 is 0 Å². The first-order valence-electron chi connectivity index (χ1n) is 11.7. The standard InChI is InChI=1S/C28H35N3O4/c1-7-17-35-22-13-14-23(19(2)18-22)26(32)24-25(20-9-11-21(12-10-20)30(5)6)31(28(34)27(24)33)16-8-15-29(3)4/h7,9-14,18,25,32H,1,8,15-17H2,2-6H3/t25-/m0/s1. The minimum absolute atomic E-state index is 0.111. The van der Waals surface area contributed by atoms with Gasteiger partial charge in [0.15, 0.2) is 0 Å². The van der Waals surface area contributed by atoms with E-state index in [1.807, 2.05) is 69.2 Å². The molecular formula is C28H35N3O4. The second-order valence-corrected chi connectivity index (χ2v) is 9.21. The number of ketones is 1. The number of nitrogens with zero attached hydrogens (tertiary/aromatic N) is 3. The van der Waals surface area contributed by atoms with Crippen molar-refractivity contribution in [3.8, 4) is 5.75 Å². The van der Waals surface area contributed by atoms with Crippen LogP contribution >= 0.6 is 0 Å². The van der Waals surface area contributed by atoms with Crippen molar-refractivity contribution in [1.29, 1.82) is 0 Å². The number of likely N-dealkylation sites (tertiary alicyclic amines) is 1. The molecule has 0 unspecified atom stereocenters. The molecule has 0 saturated carbocycles. The molecule has 0 radical (unpaired) electrons. The average Bonchev–Trinajstić information content (AvgIpc) is 3.07. The minimum Gasteiger partial charge on any atom is -0.507 e. The van der Waals surface area contributed by atoms with E-state index in [0.717, 1.165) is 23.4 Å². The number of Topliss-reactive ketones (excluding diaryl/α,β-unsaturated/α-hetero) is 1. The van der Waals surface area contributed by atoms with Crippen molar-refractivity contribution in [2.45, 2.75) is 19.4 Å². The summed E-state index contributed by atoms with van der Waals surface area (Å²) in [6.45, 7) is 7.04. The lowest BCUT2D eigenvalue weighted by Gasteiger charge is -2.26. The van der Waals surface area contributed by atoms with Crippen molar-refractivity contribution in [3.63, 3.8) is 0 Å². The van der Waals surface area contributed by atoms with Crippen LogP contribution in [0.5, 0.6) is 5.75 Å². The average molecular weight is 478 g/mol. The van der Waals surface area contributed by atoms with Gasteiger partial charge in [0.1, 0.15) is 18.1 Å². The molecular weight excluding hydrogens is 442 g/mol. The van der Waals surface area contributed by atoms with Gasteiger partial charge in [-0.1, -0.05) is 24.8 Å². The zero-order chi connectivity index (χ0) is 25.7. The fourth-order valence-electron chi connectivity index (χ4n) is 4.26. The molecule has 0 aromatic heterocycles. The van der Waals surface area contributed by atoms with Crippen LogP contribution in [0.1, 0.15) is 29.2 Å². The molecule has 1 saturated heterocycles. The predicted molar refractivity (Wildman–Crippen MR) is 140 cm³/mol. The second kappa shape index (κ2) is 11.2. The Balaban J connectivity index is 2.08. The van der Waals surface area contributed by atoms with Gasteiger partial charge in [-0.15, -0.1) is 0 Å². The summed E-state index contributed by atoms with van der Waals surface area (Å²) in [5.74, 6) is -0.789. The van der Waals surface area contributed by atoms with Crippen molar-refractivity contribution in [2.75, 3.05) is 52.8 Å². The number of amides is 1. The lowest BCUT2D eigenvalue weighted by Crippen LogP contribution is -2.32. The van der Waals surface area contributed by atoms with Gasteiger partial charge in [0, 0.05) is 31.9 Å². The first kappa shape index (κ1) is 26.0. The van der Waals surface area contributed by atoms with E-state index < -0.39 is 17.7 Å². The summed E-state index contributed by atoms with van der Waals surface area (Å²) in [6.07, 6.45) is 2.36. The SMILES string of the molecule is C=CCOc1ccc(C(O)=C2C(=O)C(=O)N(CCCN(C)C)[C@H]2c2ccc(N(C)C)cc2)c(C)c1. The molecule has 1 aliphatic rings. The van der Waals surface area contributed by atoms with Crippen LogP contribution in [0.3, 0.4) is 0 Å². The number of rotatable bonds is 10. The highest BCUT2D eigenvalue weighted by Gasteiger charge is 2.45. The van der Waals surface area contributed by atoms with E-state index in [1.165, 1.54) is 0 Å². The summed E-state index contributed by atoms with van der Waals surface area (Å²) in [7, 11) is 7.84. The maximum atomic E-state index is 13.2. The fourth-order valence-corrected chi connectivity index (χ4v) is 4.26. The van der Waals surface area contributed by atoms with E-state index in [1.54, 1.807) is 29.2 Å². The van der Waals surface area contributed by atoms with E-state index in [9.17, 15) is 14.7 Å². The topological polar surface area (TPSA) is 73.3 Å². The number of benzene rings is 2. The number of anilines is 1. The first-order valence-corrected chi connectivity index (χ1v) is 11.7. The Morgan fingerprint density at radius 1 is 1.11 bits per heavy atom. The Kier molecular flexibility index (Phi) is 8.35. The highest BCUT2D eigenvalue weighted by molar-refractivity contribution is 6.46. The molecule has 1 heterocycles. The molecule has 0 aliphatic carbocycles. The van der Waals surface area contributed by atoms with Crippen LogP contribution < -0.4 is 9.64 Å². The zero-order valence-corrected chi connectivity index (χ0v) is 21.2. The lowest BCUT2D eigenvalue weighted by atomic mass is 9.93. The summed E-state index contributed by atoms with van der Waals surface area (Å²) < 4.78 is 5.58. The van der Waals surface area contributed by atoms with Crippen LogP contribution in [-0.4, -0.2) is 74.5 Å². The molecule has 7 nitrogen and oxygen atoms in total. The molecule has 1 fully saturated rings. The summed E-state index contributed by atoms with van der Waals surface area (Å²) >= 11 is 0. The maximum Gasteiger partial charge on any atom is 0.295 e. The van der Waals surface area contributed by atoms with Crippen molar-refractivity contribution < 1.29 is 19.4 Å². The van der Waals surface area contributed by atoms with E-state index in [2.05, 4.69) is 6.58 Å². The number of carbonyl (C=O) groups is 2. The molecule has 2 aromatic rings. The summed E-state index contributed by atoms with van der Waals surface area (Å²) in [6, 6.07) is 12.3. The van der Waals surface area contributed by atoms with Crippen molar-refractivity contribution in [1.82, 2.24) is 9.80 Å². The molecule has 186 valence electrons. The van der Waals surface area contributed by atoms with Crippen molar-refractivity contribution in [2.24, 2.45) is 0 Å². The number of hydrogen-bond acceptors (Lipinski definition) is 6. The summed E-state index contributed by atoms with van der Waals surface area (Å²) in [5.41, 5.74) is 3.14. The second-order valence-electron chi connectivity index (χ2n) is 9.21. The lowest BCUT2D eigenvalue weighted by molar-refractivity contribution is -0.139. The van der Waals surface area contributed by atoms with Gasteiger partial charge in [0.05, 0.1) is 11.6 Å². The third-order valence-electron chi connectivity index (χ3n) is 6.09. The van der Waals surface area contributed by atoms with Gasteiger partial charge in [0.25, 0.3) is 11.7 Å². The summed E-state index contributed by atoms with van der Waals surface area (Å²) in [4.78, 5) is 32.0. The molecule has 35 heavy (non-hydrogen) atoms. The third kappa shape index (κ3) is 5.74. The van der Waals surface area contributed by atoms with Gasteiger partial charge < -0.3 is 24.5 Å². The Hall–Kier alpha value is -3.58. The largest absolute Gasteiger partial charge is 0.507 e. The van der Waals surface area contributed by atoms with Gasteiger partial charge in [-0.3, -0.25) is 9.59 Å². The monoisotopic (exact) mass is 477 g/mol.